The minimum absolute atomic E-state index is 0.0313. The van der Waals surface area contributed by atoms with Crippen LogP contribution in [0.4, 0.5) is 0 Å². The highest BCUT2D eigenvalue weighted by atomic mass is 16.2. The monoisotopic (exact) mass is 318 g/mol. The summed E-state index contributed by atoms with van der Waals surface area (Å²) in [5.74, 6) is 0.875. The molecule has 0 saturated carbocycles. The number of amidine groups is 1. The topological polar surface area (TPSA) is 57.1 Å². The largest absolute Gasteiger partial charge is 0.369 e. The van der Waals surface area contributed by atoms with Crippen LogP contribution in [0.2, 0.25) is 0 Å². The summed E-state index contributed by atoms with van der Waals surface area (Å²) in [4.78, 5) is 23.1. The summed E-state index contributed by atoms with van der Waals surface area (Å²) in [6.07, 6.45) is 10.3. The molecule has 0 spiro atoms. The summed E-state index contributed by atoms with van der Waals surface area (Å²) < 4.78 is 0. The number of hydrogen-bond donors (Lipinski definition) is 1. The van der Waals surface area contributed by atoms with Gasteiger partial charge in [-0.2, -0.15) is 0 Å². The van der Waals surface area contributed by atoms with Gasteiger partial charge in [-0.3, -0.25) is 14.7 Å². The standard InChI is InChI=1S/C19H18N4O/c1-23-17(10-13-6-3-2-4-7-13)22-16(19(23)24)11-14-12-21-18-15(14)8-5-9-20-18/h2-9,11-12,15,18,21H,10H2,1H3/b16-11-. The summed E-state index contributed by atoms with van der Waals surface area (Å²) in [5.41, 5.74) is 2.66. The number of carbonyl (C=O) groups is 1. The Kier molecular flexibility index (Phi) is 3.61. The number of nitrogens with one attached hydrogen (secondary N) is 1. The Morgan fingerprint density at radius 2 is 2.12 bits per heavy atom. The number of amides is 1. The molecule has 0 saturated heterocycles. The van der Waals surface area contributed by atoms with Gasteiger partial charge in [-0.25, -0.2) is 4.99 Å². The SMILES string of the molecule is CN1C(=O)/C(=C/C2=CNC3N=CC=CC23)N=C1Cc1ccccc1. The Hall–Kier alpha value is -2.95. The lowest BCUT2D eigenvalue weighted by Gasteiger charge is -2.16. The third-order valence-corrected chi connectivity index (χ3v) is 4.47. The maximum absolute atomic E-state index is 12.5. The van der Waals surface area contributed by atoms with Gasteiger partial charge < -0.3 is 5.32 Å². The number of benzene rings is 1. The number of hydrogen-bond acceptors (Lipinski definition) is 4. The zero-order valence-corrected chi connectivity index (χ0v) is 13.4. The summed E-state index contributed by atoms with van der Waals surface area (Å²) >= 11 is 0. The molecule has 0 bridgehead atoms. The zero-order valence-electron chi connectivity index (χ0n) is 13.4. The number of dihydropyridines is 1. The van der Waals surface area contributed by atoms with Gasteiger partial charge in [0.1, 0.15) is 17.7 Å². The van der Waals surface area contributed by atoms with Gasteiger partial charge in [-0.05, 0) is 23.3 Å². The van der Waals surface area contributed by atoms with E-state index in [-0.39, 0.29) is 18.0 Å². The van der Waals surface area contributed by atoms with Crippen LogP contribution in [0, 0.1) is 5.92 Å². The van der Waals surface area contributed by atoms with Crippen LogP contribution in [-0.4, -0.2) is 36.1 Å². The number of fused-ring (bicyclic) bond motifs is 1. The maximum atomic E-state index is 12.5. The number of likely N-dealkylation sites (N-methyl/N-ethyl adjacent to an activating group) is 1. The average Bonchev–Trinajstić information content (AvgIpc) is 3.13. The highest BCUT2D eigenvalue weighted by Crippen LogP contribution is 2.28. The van der Waals surface area contributed by atoms with E-state index in [1.807, 2.05) is 48.7 Å². The molecule has 0 aliphatic carbocycles. The highest BCUT2D eigenvalue weighted by molar-refractivity contribution is 6.12. The maximum Gasteiger partial charge on any atom is 0.277 e. The number of aliphatic imine (C=N–C) groups is 2. The van der Waals surface area contributed by atoms with Crippen molar-refractivity contribution in [2.45, 2.75) is 12.6 Å². The van der Waals surface area contributed by atoms with E-state index in [0.29, 0.717) is 12.1 Å². The van der Waals surface area contributed by atoms with Crippen molar-refractivity contribution in [1.29, 1.82) is 0 Å². The van der Waals surface area contributed by atoms with E-state index in [0.717, 1.165) is 17.0 Å². The quantitative estimate of drug-likeness (QED) is 0.867. The van der Waals surface area contributed by atoms with Gasteiger partial charge in [-0.15, -0.1) is 0 Å². The van der Waals surface area contributed by atoms with Crippen LogP contribution in [0.3, 0.4) is 0 Å². The van der Waals surface area contributed by atoms with E-state index < -0.39 is 0 Å². The molecule has 0 fully saturated rings. The third kappa shape index (κ3) is 2.58. The molecule has 1 aromatic rings. The molecule has 3 aliphatic heterocycles. The van der Waals surface area contributed by atoms with Gasteiger partial charge in [0.15, 0.2) is 0 Å². The molecule has 2 atom stereocenters. The van der Waals surface area contributed by atoms with Crippen LogP contribution < -0.4 is 5.32 Å². The van der Waals surface area contributed by atoms with Crippen molar-refractivity contribution in [3.8, 4) is 0 Å². The lowest BCUT2D eigenvalue weighted by atomic mass is 9.97. The van der Waals surface area contributed by atoms with Crippen molar-refractivity contribution in [1.82, 2.24) is 10.2 Å². The molecule has 1 amide bonds. The Labute approximate surface area is 140 Å². The smallest absolute Gasteiger partial charge is 0.277 e. The van der Waals surface area contributed by atoms with Gasteiger partial charge in [0.25, 0.3) is 5.91 Å². The first-order valence-corrected chi connectivity index (χ1v) is 8.00. The summed E-state index contributed by atoms with van der Waals surface area (Å²) in [6, 6.07) is 10.1. The van der Waals surface area contributed by atoms with E-state index >= 15 is 0 Å². The molecule has 3 aliphatic rings. The molecular weight excluding hydrogens is 300 g/mol. The van der Waals surface area contributed by atoms with Crippen LogP contribution in [-0.2, 0) is 11.2 Å². The van der Waals surface area contributed by atoms with Gasteiger partial charge in [0.05, 0.1) is 0 Å². The van der Waals surface area contributed by atoms with E-state index in [4.69, 9.17) is 0 Å². The van der Waals surface area contributed by atoms with Gasteiger partial charge >= 0.3 is 0 Å². The number of nitrogens with zero attached hydrogens (tertiary/aromatic N) is 3. The van der Waals surface area contributed by atoms with E-state index in [2.05, 4.69) is 21.4 Å². The minimum atomic E-state index is -0.0615. The first-order chi connectivity index (χ1) is 11.7. The number of rotatable bonds is 3. The second-order valence-electron chi connectivity index (χ2n) is 6.05. The lowest BCUT2D eigenvalue weighted by Crippen LogP contribution is -2.29. The molecular formula is C19H18N4O. The van der Waals surface area contributed by atoms with E-state index in [1.165, 1.54) is 0 Å². The second-order valence-corrected chi connectivity index (χ2v) is 6.05. The van der Waals surface area contributed by atoms with Crippen molar-refractivity contribution in [2.75, 3.05) is 7.05 Å². The van der Waals surface area contributed by atoms with Crippen molar-refractivity contribution < 1.29 is 4.79 Å². The van der Waals surface area contributed by atoms with Crippen LogP contribution in [0.1, 0.15) is 5.56 Å². The fourth-order valence-electron chi connectivity index (χ4n) is 3.10. The van der Waals surface area contributed by atoms with Crippen molar-refractivity contribution in [3.63, 3.8) is 0 Å². The molecule has 5 nitrogen and oxygen atoms in total. The molecule has 2 unspecified atom stereocenters. The van der Waals surface area contributed by atoms with Gasteiger partial charge in [-0.1, -0.05) is 36.4 Å². The Bertz CT molecular complexity index is 817. The fourth-order valence-corrected chi connectivity index (χ4v) is 3.10. The van der Waals surface area contributed by atoms with Crippen LogP contribution in [0.25, 0.3) is 0 Å². The van der Waals surface area contributed by atoms with Gasteiger partial charge in [0, 0.05) is 31.8 Å². The normalized spacial score (nSPS) is 26.5. The summed E-state index contributed by atoms with van der Waals surface area (Å²) in [6.45, 7) is 0. The predicted molar refractivity (Wildman–Crippen MR) is 94.6 cm³/mol. The molecule has 0 radical (unpaired) electrons. The molecule has 120 valence electrons. The van der Waals surface area contributed by atoms with Crippen molar-refractivity contribution >= 4 is 18.0 Å². The molecule has 1 N–H and O–H groups in total. The van der Waals surface area contributed by atoms with Crippen LogP contribution >= 0.6 is 0 Å². The zero-order chi connectivity index (χ0) is 16.5. The number of carbonyl (C=O) groups excluding carboxylic acids is 1. The van der Waals surface area contributed by atoms with E-state index in [1.54, 1.807) is 18.2 Å². The fraction of sp³-hybridized carbons (Fsp3) is 0.211. The molecule has 5 heteroatoms. The lowest BCUT2D eigenvalue weighted by molar-refractivity contribution is -0.121. The molecule has 4 rings (SSSR count). The van der Waals surface area contributed by atoms with E-state index in [9.17, 15) is 4.79 Å². The predicted octanol–water partition coefficient (Wildman–Crippen LogP) is 2.05. The highest BCUT2D eigenvalue weighted by Gasteiger charge is 2.31. The van der Waals surface area contributed by atoms with Crippen LogP contribution in [0.5, 0.6) is 0 Å². The molecule has 24 heavy (non-hydrogen) atoms. The number of allylic oxidation sites excluding steroid dienone is 2. The van der Waals surface area contributed by atoms with Crippen LogP contribution in [0.15, 0.2) is 76.0 Å². The summed E-state index contributed by atoms with van der Waals surface area (Å²) in [7, 11) is 1.78. The third-order valence-electron chi connectivity index (χ3n) is 4.47. The summed E-state index contributed by atoms with van der Waals surface area (Å²) in [5, 5.41) is 3.23. The Morgan fingerprint density at radius 3 is 2.96 bits per heavy atom. The van der Waals surface area contributed by atoms with Crippen molar-refractivity contribution in [3.05, 3.63) is 71.6 Å². The second kappa shape index (κ2) is 5.92. The Balaban J connectivity index is 1.58. The van der Waals surface area contributed by atoms with Crippen molar-refractivity contribution in [2.24, 2.45) is 15.9 Å². The Morgan fingerprint density at radius 1 is 1.29 bits per heavy atom. The molecule has 1 aromatic carbocycles. The van der Waals surface area contributed by atoms with Gasteiger partial charge in [0.2, 0.25) is 0 Å². The molecule has 3 heterocycles. The first-order valence-electron chi connectivity index (χ1n) is 8.00. The first kappa shape index (κ1) is 14.6. The minimum Gasteiger partial charge on any atom is -0.369 e. The molecule has 0 aromatic heterocycles. The average molecular weight is 318 g/mol.